The first-order valence-electron chi connectivity index (χ1n) is 6.87. The molecule has 6 nitrogen and oxygen atoms in total. The van der Waals surface area contributed by atoms with Crippen molar-refractivity contribution in [2.24, 2.45) is 0 Å². The second kappa shape index (κ2) is 6.31. The molecule has 0 saturated heterocycles. The fourth-order valence-electron chi connectivity index (χ4n) is 2.12. The number of aromatic nitrogens is 2. The SMILES string of the molecule is COc1ccc(C=Cc2nc3ncccc3c(=O)o2)cc1OC. The number of methoxy groups -OCH3 is 2. The van der Waals surface area contributed by atoms with E-state index in [9.17, 15) is 4.79 Å². The highest BCUT2D eigenvalue weighted by Crippen LogP contribution is 2.28. The average molecular weight is 310 g/mol. The molecule has 2 aromatic heterocycles. The standard InChI is InChI=1S/C17H14N2O4/c1-21-13-7-5-11(10-14(13)22-2)6-8-15-19-16-12(17(20)23-15)4-3-9-18-16/h3-10H,1-2H3. The molecule has 2 heterocycles. The number of nitrogens with zero attached hydrogens (tertiary/aromatic N) is 2. The van der Waals surface area contributed by atoms with Crippen LogP contribution in [0.5, 0.6) is 11.5 Å². The molecule has 0 aliphatic heterocycles. The third kappa shape index (κ3) is 3.06. The van der Waals surface area contributed by atoms with Gasteiger partial charge in [0.2, 0.25) is 5.89 Å². The van der Waals surface area contributed by atoms with Crippen LogP contribution in [0.15, 0.2) is 45.7 Å². The average Bonchev–Trinajstić information content (AvgIpc) is 2.59. The lowest BCUT2D eigenvalue weighted by Crippen LogP contribution is -2.03. The lowest BCUT2D eigenvalue weighted by molar-refractivity contribution is 0.355. The zero-order chi connectivity index (χ0) is 16.2. The van der Waals surface area contributed by atoms with Crippen molar-refractivity contribution in [2.75, 3.05) is 14.2 Å². The van der Waals surface area contributed by atoms with Gasteiger partial charge in [-0.15, -0.1) is 0 Å². The Morgan fingerprint density at radius 2 is 1.91 bits per heavy atom. The molecule has 0 spiro atoms. The summed E-state index contributed by atoms with van der Waals surface area (Å²) in [6.45, 7) is 0. The summed E-state index contributed by atoms with van der Waals surface area (Å²) in [5.41, 5.74) is 0.749. The maximum atomic E-state index is 11.9. The predicted molar refractivity (Wildman–Crippen MR) is 86.5 cm³/mol. The van der Waals surface area contributed by atoms with E-state index in [2.05, 4.69) is 9.97 Å². The van der Waals surface area contributed by atoms with Crippen molar-refractivity contribution in [1.82, 2.24) is 9.97 Å². The van der Waals surface area contributed by atoms with Gasteiger partial charge in [0.1, 0.15) is 5.39 Å². The number of hydrogen-bond acceptors (Lipinski definition) is 6. The Kier molecular flexibility index (Phi) is 4.05. The van der Waals surface area contributed by atoms with Crippen molar-refractivity contribution >= 4 is 23.2 Å². The number of rotatable bonds is 4. The van der Waals surface area contributed by atoms with Gasteiger partial charge in [0.05, 0.1) is 14.2 Å². The highest BCUT2D eigenvalue weighted by atomic mass is 16.5. The van der Waals surface area contributed by atoms with Crippen molar-refractivity contribution in [3.63, 3.8) is 0 Å². The maximum absolute atomic E-state index is 11.9. The van der Waals surface area contributed by atoms with Gasteiger partial charge in [-0.25, -0.2) is 9.78 Å². The number of pyridine rings is 1. The van der Waals surface area contributed by atoms with Gasteiger partial charge < -0.3 is 13.9 Å². The first-order chi connectivity index (χ1) is 11.2. The summed E-state index contributed by atoms with van der Waals surface area (Å²) in [5.74, 6) is 1.45. The highest BCUT2D eigenvalue weighted by molar-refractivity contribution is 5.74. The first kappa shape index (κ1) is 14.8. The Morgan fingerprint density at radius 1 is 1.09 bits per heavy atom. The molecule has 0 aliphatic rings. The minimum absolute atomic E-state index is 0.191. The van der Waals surface area contributed by atoms with E-state index in [4.69, 9.17) is 13.9 Å². The van der Waals surface area contributed by atoms with E-state index in [-0.39, 0.29) is 5.89 Å². The van der Waals surface area contributed by atoms with Crippen LogP contribution in [0.1, 0.15) is 11.5 Å². The second-order valence-electron chi connectivity index (χ2n) is 4.66. The first-order valence-corrected chi connectivity index (χ1v) is 6.87. The second-order valence-corrected chi connectivity index (χ2v) is 4.66. The van der Waals surface area contributed by atoms with Crippen molar-refractivity contribution in [2.45, 2.75) is 0 Å². The van der Waals surface area contributed by atoms with Crippen molar-refractivity contribution in [3.05, 3.63) is 58.4 Å². The molecule has 3 rings (SSSR count). The largest absolute Gasteiger partial charge is 0.493 e. The smallest absolute Gasteiger partial charge is 0.348 e. The molecule has 0 radical (unpaired) electrons. The van der Waals surface area contributed by atoms with Crippen LogP contribution in [0.25, 0.3) is 23.2 Å². The zero-order valence-corrected chi connectivity index (χ0v) is 12.6. The summed E-state index contributed by atoms with van der Waals surface area (Å²) in [6.07, 6.45) is 4.95. The van der Waals surface area contributed by atoms with Crippen LogP contribution in [0.3, 0.4) is 0 Å². The summed E-state index contributed by atoms with van der Waals surface area (Å²) in [5, 5.41) is 0.357. The molecule has 0 saturated carbocycles. The summed E-state index contributed by atoms with van der Waals surface area (Å²) in [4.78, 5) is 20.2. The molecule has 3 aromatic rings. The molecule has 1 aromatic carbocycles. The molecule has 0 amide bonds. The number of hydrogen-bond donors (Lipinski definition) is 0. The van der Waals surface area contributed by atoms with Gasteiger partial charge in [-0.05, 0) is 35.9 Å². The Hall–Kier alpha value is -3.15. The van der Waals surface area contributed by atoms with Crippen LogP contribution in [-0.2, 0) is 0 Å². The van der Waals surface area contributed by atoms with Gasteiger partial charge in [-0.1, -0.05) is 6.07 Å². The van der Waals surface area contributed by atoms with Crippen LogP contribution in [0.2, 0.25) is 0 Å². The molecule has 0 fully saturated rings. The highest BCUT2D eigenvalue weighted by Gasteiger charge is 2.05. The van der Waals surface area contributed by atoms with Crippen LogP contribution in [0.4, 0.5) is 0 Å². The number of benzene rings is 1. The van der Waals surface area contributed by atoms with E-state index < -0.39 is 5.63 Å². The van der Waals surface area contributed by atoms with Crippen LogP contribution in [-0.4, -0.2) is 24.2 Å². The molecule has 0 unspecified atom stereocenters. The normalized spacial score (nSPS) is 11.0. The molecule has 0 atom stereocenters. The quantitative estimate of drug-likeness (QED) is 0.737. The fourth-order valence-corrected chi connectivity index (χ4v) is 2.12. The monoisotopic (exact) mass is 310 g/mol. The third-order valence-electron chi connectivity index (χ3n) is 3.25. The van der Waals surface area contributed by atoms with Crippen molar-refractivity contribution < 1.29 is 13.9 Å². The van der Waals surface area contributed by atoms with Gasteiger partial charge in [-0.3, -0.25) is 0 Å². The molecule has 0 aliphatic carbocycles. The summed E-state index contributed by atoms with van der Waals surface area (Å²) in [6, 6.07) is 8.76. The molecule has 0 bridgehead atoms. The van der Waals surface area contributed by atoms with Crippen molar-refractivity contribution in [1.29, 1.82) is 0 Å². The van der Waals surface area contributed by atoms with Gasteiger partial charge in [0, 0.05) is 12.3 Å². The summed E-state index contributed by atoms with van der Waals surface area (Å²) in [7, 11) is 3.15. The van der Waals surface area contributed by atoms with E-state index in [1.807, 2.05) is 12.1 Å². The van der Waals surface area contributed by atoms with Crippen LogP contribution < -0.4 is 15.1 Å². The Bertz CT molecular complexity index is 931. The van der Waals surface area contributed by atoms with Crippen LogP contribution in [0, 0.1) is 0 Å². The van der Waals surface area contributed by atoms with E-state index in [1.54, 1.807) is 50.8 Å². The minimum Gasteiger partial charge on any atom is -0.493 e. The van der Waals surface area contributed by atoms with E-state index in [1.165, 1.54) is 0 Å². The minimum atomic E-state index is -0.463. The molecule has 116 valence electrons. The van der Waals surface area contributed by atoms with Gasteiger partial charge >= 0.3 is 5.63 Å². The molecule has 23 heavy (non-hydrogen) atoms. The summed E-state index contributed by atoms with van der Waals surface area (Å²) >= 11 is 0. The summed E-state index contributed by atoms with van der Waals surface area (Å²) < 4.78 is 15.6. The third-order valence-corrected chi connectivity index (χ3v) is 3.25. The fraction of sp³-hybridized carbons (Fsp3) is 0.118. The number of ether oxygens (including phenoxy) is 2. The maximum Gasteiger partial charge on any atom is 0.348 e. The lowest BCUT2D eigenvalue weighted by atomic mass is 10.2. The molecule has 6 heteroatoms. The predicted octanol–water partition coefficient (Wildman–Crippen LogP) is 2.77. The molecular weight excluding hydrogens is 296 g/mol. The van der Waals surface area contributed by atoms with E-state index in [0.29, 0.717) is 22.5 Å². The van der Waals surface area contributed by atoms with Gasteiger partial charge in [0.15, 0.2) is 17.1 Å². The van der Waals surface area contributed by atoms with Gasteiger partial charge in [-0.2, -0.15) is 4.98 Å². The Balaban J connectivity index is 1.95. The molecule has 0 N–H and O–H groups in total. The van der Waals surface area contributed by atoms with E-state index >= 15 is 0 Å². The molecular formula is C17H14N2O4. The van der Waals surface area contributed by atoms with Gasteiger partial charge in [0.25, 0.3) is 0 Å². The van der Waals surface area contributed by atoms with Crippen molar-refractivity contribution in [3.8, 4) is 11.5 Å². The Labute approximate surface area is 132 Å². The topological polar surface area (TPSA) is 74.5 Å². The number of fused-ring (bicyclic) bond motifs is 1. The van der Waals surface area contributed by atoms with E-state index in [0.717, 1.165) is 5.56 Å². The Morgan fingerprint density at radius 3 is 2.70 bits per heavy atom. The van der Waals surface area contributed by atoms with Crippen LogP contribution >= 0.6 is 0 Å². The zero-order valence-electron chi connectivity index (χ0n) is 12.6. The lowest BCUT2D eigenvalue weighted by Gasteiger charge is -2.07.